The first-order valence-corrected chi connectivity index (χ1v) is 6.97. The molecule has 1 heterocycles. The van der Waals surface area contributed by atoms with Crippen molar-refractivity contribution in [2.45, 2.75) is 26.4 Å². The fourth-order valence-corrected chi connectivity index (χ4v) is 2.35. The van der Waals surface area contributed by atoms with Crippen LogP contribution in [0.2, 0.25) is 0 Å². The Morgan fingerprint density at radius 1 is 1.33 bits per heavy atom. The molecule has 21 heavy (non-hydrogen) atoms. The molecule has 0 aliphatic carbocycles. The van der Waals surface area contributed by atoms with E-state index in [4.69, 9.17) is 10.00 Å². The molecule has 0 bridgehead atoms. The number of nitrogens with zero attached hydrogens (tertiary/aromatic N) is 3. The van der Waals surface area contributed by atoms with E-state index in [1.807, 2.05) is 30.1 Å². The van der Waals surface area contributed by atoms with Gasteiger partial charge in [0.25, 0.3) is 0 Å². The van der Waals surface area contributed by atoms with Crippen LogP contribution in [0, 0.1) is 11.3 Å². The Labute approximate surface area is 125 Å². The van der Waals surface area contributed by atoms with Gasteiger partial charge in [-0.2, -0.15) is 10.4 Å². The van der Waals surface area contributed by atoms with E-state index >= 15 is 0 Å². The first kappa shape index (κ1) is 15.1. The number of ether oxygens (including phenoxy) is 1. The number of nitriles is 1. The van der Waals surface area contributed by atoms with Gasteiger partial charge in [0.2, 0.25) is 0 Å². The van der Waals surface area contributed by atoms with Gasteiger partial charge in [-0.15, -0.1) is 0 Å². The topological polar surface area (TPSA) is 62.9 Å². The number of hydrogen-bond donors (Lipinski definition) is 1. The first-order chi connectivity index (χ1) is 10.2. The summed E-state index contributed by atoms with van der Waals surface area (Å²) in [5, 5.41) is 16.8. The van der Waals surface area contributed by atoms with E-state index in [1.165, 1.54) is 5.56 Å². The highest BCUT2D eigenvalue weighted by atomic mass is 16.5. The molecule has 110 valence electrons. The Morgan fingerprint density at radius 2 is 2.10 bits per heavy atom. The minimum atomic E-state index is 0.642. The standard InChI is InChI=1S/C16H20N4O/c1-4-15-14(11-20(2)19-15)10-18-9-13-7-12(8-17)5-6-16(13)21-3/h5-7,11,18H,4,9-10H2,1-3H3. The van der Waals surface area contributed by atoms with Crippen LogP contribution in [0.3, 0.4) is 0 Å². The molecule has 0 atom stereocenters. The van der Waals surface area contributed by atoms with Gasteiger partial charge in [-0.25, -0.2) is 0 Å². The molecule has 0 aliphatic rings. The molecule has 0 spiro atoms. The van der Waals surface area contributed by atoms with Crippen molar-refractivity contribution in [3.05, 3.63) is 46.8 Å². The summed E-state index contributed by atoms with van der Waals surface area (Å²) in [6, 6.07) is 7.60. The molecule has 0 saturated heterocycles. The Morgan fingerprint density at radius 3 is 2.76 bits per heavy atom. The number of benzene rings is 1. The zero-order chi connectivity index (χ0) is 15.2. The lowest BCUT2D eigenvalue weighted by Gasteiger charge is -2.10. The zero-order valence-corrected chi connectivity index (χ0v) is 12.7. The van der Waals surface area contributed by atoms with Crippen molar-refractivity contribution in [1.82, 2.24) is 15.1 Å². The minimum Gasteiger partial charge on any atom is -0.496 e. The maximum atomic E-state index is 8.98. The average Bonchev–Trinajstić information content (AvgIpc) is 2.87. The summed E-state index contributed by atoms with van der Waals surface area (Å²) >= 11 is 0. The van der Waals surface area contributed by atoms with Crippen molar-refractivity contribution in [1.29, 1.82) is 5.26 Å². The van der Waals surface area contributed by atoms with Crippen molar-refractivity contribution in [2.75, 3.05) is 7.11 Å². The number of rotatable bonds is 6. The maximum Gasteiger partial charge on any atom is 0.123 e. The summed E-state index contributed by atoms with van der Waals surface area (Å²) in [5.41, 5.74) is 3.94. The third-order valence-corrected chi connectivity index (χ3v) is 3.37. The molecule has 5 heteroatoms. The Bertz CT molecular complexity index is 655. The molecule has 0 saturated carbocycles. The van der Waals surface area contributed by atoms with Crippen LogP contribution < -0.4 is 10.1 Å². The molecule has 2 rings (SSSR count). The highest BCUT2D eigenvalue weighted by Crippen LogP contribution is 2.19. The summed E-state index contributed by atoms with van der Waals surface area (Å²) in [6.45, 7) is 3.50. The van der Waals surface area contributed by atoms with E-state index in [0.29, 0.717) is 12.1 Å². The number of aromatic nitrogens is 2. The molecule has 0 unspecified atom stereocenters. The van der Waals surface area contributed by atoms with Gasteiger partial charge in [0, 0.05) is 37.5 Å². The van der Waals surface area contributed by atoms with Gasteiger partial charge in [-0.3, -0.25) is 4.68 Å². The third-order valence-electron chi connectivity index (χ3n) is 3.37. The van der Waals surface area contributed by atoms with Gasteiger partial charge in [-0.05, 0) is 24.6 Å². The summed E-state index contributed by atoms with van der Waals surface area (Å²) in [5.74, 6) is 0.795. The molecular weight excluding hydrogens is 264 g/mol. The summed E-state index contributed by atoms with van der Waals surface area (Å²) in [7, 11) is 3.57. The fraction of sp³-hybridized carbons (Fsp3) is 0.375. The van der Waals surface area contributed by atoms with Gasteiger partial charge >= 0.3 is 0 Å². The van der Waals surface area contributed by atoms with E-state index in [0.717, 1.165) is 30.0 Å². The lowest BCUT2D eigenvalue weighted by Crippen LogP contribution is -2.14. The predicted octanol–water partition coefficient (Wildman–Crippen LogP) is 2.15. The van der Waals surface area contributed by atoms with Gasteiger partial charge in [0.15, 0.2) is 0 Å². The smallest absolute Gasteiger partial charge is 0.123 e. The van der Waals surface area contributed by atoms with Gasteiger partial charge < -0.3 is 10.1 Å². The van der Waals surface area contributed by atoms with E-state index in [9.17, 15) is 0 Å². The van der Waals surface area contributed by atoms with Crippen LogP contribution in [-0.2, 0) is 26.6 Å². The Balaban J connectivity index is 2.04. The highest BCUT2D eigenvalue weighted by molar-refractivity contribution is 5.42. The van der Waals surface area contributed by atoms with Crippen molar-refractivity contribution in [3.63, 3.8) is 0 Å². The number of methoxy groups -OCH3 is 1. The molecule has 1 N–H and O–H groups in total. The molecule has 1 aromatic carbocycles. The van der Waals surface area contributed by atoms with Crippen LogP contribution >= 0.6 is 0 Å². The van der Waals surface area contributed by atoms with Crippen LogP contribution in [0.25, 0.3) is 0 Å². The number of aryl methyl sites for hydroxylation is 2. The van der Waals surface area contributed by atoms with Crippen LogP contribution in [0.5, 0.6) is 5.75 Å². The predicted molar refractivity (Wildman–Crippen MR) is 80.8 cm³/mol. The molecule has 2 aromatic rings. The van der Waals surface area contributed by atoms with Gasteiger partial charge in [0.05, 0.1) is 24.4 Å². The lowest BCUT2D eigenvalue weighted by atomic mass is 10.1. The molecular formula is C16H20N4O. The van der Waals surface area contributed by atoms with Crippen molar-refractivity contribution >= 4 is 0 Å². The molecule has 5 nitrogen and oxygen atoms in total. The Hall–Kier alpha value is -2.32. The SMILES string of the molecule is CCc1nn(C)cc1CNCc1cc(C#N)ccc1OC. The van der Waals surface area contributed by atoms with Crippen molar-refractivity contribution in [2.24, 2.45) is 7.05 Å². The second-order valence-corrected chi connectivity index (χ2v) is 4.87. The third kappa shape index (κ3) is 3.61. The molecule has 1 aromatic heterocycles. The number of hydrogen-bond acceptors (Lipinski definition) is 4. The molecule has 0 aliphatic heterocycles. The van der Waals surface area contributed by atoms with E-state index in [1.54, 1.807) is 13.2 Å². The minimum absolute atomic E-state index is 0.642. The molecule has 0 radical (unpaired) electrons. The summed E-state index contributed by atoms with van der Waals surface area (Å²) < 4.78 is 7.17. The van der Waals surface area contributed by atoms with Crippen molar-refractivity contribution in [3.8, 4) is 11.8 Å². The first-order valence-electron chi connectivity index (χ1n) is 6.97. The highest BCUT2D eigenvalue weighted by Gasteiger charge is 2.07. The zero-order valence-electron chi connectivity index (χ0n) is 12.7. The molecule has 0 amide bonds. The second-order valence-electron chi connectivity index (χ2n) is 4.87. The largest absolute Gasteiger partial charge is 0.496 e. The second kappa shape index (κ2) is 6.91. The van der Waals surface area contributed by atoms with Gasteiger partial charge in [0.1, 0.15) is 5.75 Å². The normalized spacial score (nSPS) is 10.4. The summed E-state index contributed by atoms with van der Waals surface area (Å²) in [4.78, 5) is 0. The van der Waals surface area contributed by atoms with E-state index in [2.05, 4.69) is 23.4 Å². The maximum absolute atomic E-state index is 8.98. The fourth-order valence-electron chi connectivity index (χ4n) is 2.35. The number of nitrogens with one attached hydrogen (secondary N) is 1. The van der Waals surface area contributed by atoms with Crippen molar-refractivity contribution < 1.29 is 4.74 Å². The lowest BCUT2D eigenvalue weighted by molar-refractivity contribution is 0.407. The monoisotopic (exact) mass is 284 g/mol. The van der Waals surface area contributed by atoms with E-state index < -0.39 is 0 Å². The van der Waals surface area contributed by atoms with Crippen LogP contribution in [0.1, 0.15) is 29.3 Å². The molecule has 0 fully saturated rings. The summed E-state index contributed by atoms with van der Waals surface area (Å²) in [6.07, 6.45) is 2.96. The average molecular weight is 284 g/mol. The van der Waals surface area contributed by atoms with Crippen LogP contribution in [0.15, 0.2) is 24.4 Å². The van der Waals surface area contributed by atoms with Crippen LogP contribution in [-0.4, -0.2) is 16.9 Å². The van der Waals surface area contributed by atoms with E-state index in [-0.39, 0.29) is 0 Å². The Kier molecular flexibility index (Phi) is 4.96. The van der Waals surface area contributed by atoms with Crippen LogP contribution in [0.4, 0.5) is 0 Å². The quantitative estimate of drug-likeness (QED) is 0.883. The van der Waals surface area contributed by atoms with Gasteiger partial charge in [-0.1, -0.05) is 6.92 Å².